The molecular weight excluding hydrogens is 245 g/mol. The van der Waals surface area contributed by atoms with E-state index in [0.717, 1.165) is 18.6 Å². The second kappa shape index (κ2) is 5.39. The van der Waals surface area contributed by atoms with Crippen LogP contribution in [0.25, 0.3) is 0 Å². The Morgan fingerprint density at radius 3 is 2.56 bits per heavy atom. The molecule has 0 saturated carbocycles. The van der Waals surface area contributed by atoms with E-state index in [0.29, 0.717) is 13.0 Å². The minimum absolute atomic E-state index is 0.117. The monoisotopic (exact) mass is 258 g/mol. The van der Waals surface area contributed by atoms with Gasteiger partial charge in [0.1, 0.15) is 0 Å². The first-order chi connectivity index (χ1) is 8.58. The summed E-state index contributed by atoms with van der Waals surface area (Å²) in [5, 5.41) is 5.58. The van der Waals surface area contributed by atoms with Crippen molar-refractivity contribution in [3.63, 3.8) is 0 Å². The molecule has 1 aliphatic rings. The summed E-state index contributed by atoms with van der Waals surface area (Å²) in [4.78, 5) is 11.4. The first-order valence-corrected chi connectivity index (χ1v) is 5.72. The largest absolute Gasteiger partial charge is 0.355 e. The molecule has 2 rings (SSSR count). The van der Waals surface area contributed by atoms with E-state index in [1.165, 1.54) is 0 Å². The molecule has 1 saturated heterocycles. The highest BCUT2D eigenvalue weighted by molar-refractivity contribution is 5.82. The van der Waals surface area contributed by atoms with Crippen LogP contribution >= 0.6 is 0 Å². The lowest BCUT2D eigenvalue weighted by Gasteiger charge is -2.22. The van der Waals surface area contributed by atoms with Crippen LogP contribution in [0.3, 0.4) is 0 Å². The zero-order valence-corrected chi connectivity index (χ0v) is 9.60. The summed E-state index contributed by atoms with van der Waals surface area (Å²) >= 11 is 0. The van der Waals surface area contributed by atoms with Gasteiger partial charge in [-0.05, 0) is 30.5 Å². The lowest BCUT2D eigenvalue weighted by molar-refractivity contribution is -0.124. The molecule has 0 spiro atoms. The number of nitrogens with one attached hydrogen (secondary N) is 2. The van der Waals surface area contributed by atoms with Gasteiger partial charge in [0.15, 0.2) is 17.5 Å². The van der Waals surface area contributed by atoms with Crippen molar-refractivity contribution < 1.29 is 18.0 Å². The van der Waals surface area contributed by atoms with E-state index in [2.05, 4.69) is 10.6 Å². The maximum absolute atomic E-state index is 13.0. The summed E-state index contributed by atoms with van der Waals surface area (Å²) in [5.74, 6) is -4.04. The van der Waals surface area contributed by atoms with Gasteiger partial charge in [0.2, 0.25) is 5.91 Å². The van der Waals surface area contributed by atoms with Crippen molar-refractivity contribution in [1.29, 1.82) is 0 Å². The zero-order valence-electron chi connectivity index (χ0n) is 9.60. The van der Waals surface area contributed by atoms with Gasteiger partial charge in [-0.15, -0.1) is 0 Å². The number of hydrogen-bond donors (Lipinski definition) is 2. The van der Waals surface area contributed by atoms with E-state index in [1.807, 2.05) is 0 Å². The normalized spacial score (nSPS) is 19.7. The quantitative estimate of drug-likeness (QED) is 0.806. The number of amides is 1. The van der Waals surface area contributed by atoms with Crippen LogP contribution in [-0.4, -0.2) is 18.5 Å². The van der Waals surface area contributed by atoms with Crippen LogP contribution in [0.1, 0.15) is 18.4 Å². The molecule has 1 unspecified atom stereocenters. The number of piperidine rings is 1. The van der Waals surface area contributed by atoms with Crippen molar-refractivity contribution in [3.05, 3.63) is 35.1 Å². The smallest absolute Gasteiger partial charge is 0.237 e. The van der Waals surface area contributed by atoms with Crippen LogP contribution < -0.4 is 10.6 Å². The van der Waals surface area contributed by atoms with Crippen molar-refractivity contribution >= 4 is 5.91 Å². The number of benzene rings is 1. The Morgan fingerprint density at radius 2 is 1.94 bits per heavy atom. The second-order valence-corrected chi connectivity index (χ2v) is 4.24. The third-order valence-corrected chi connectivity index (χ3v) is 2.88. The minimum Gasteiger partial charge on any atom is -0.355 e. The van der Waals surface area contributed by atoms with Gasteiger partial charge in [0.05, 0.1) is 6.04 Å². The Hall–Kier alpha value is -1.56. The Morgan fingerprint density at radius 1 is 1.28 bits per heavy atom. The summed E-state index contributed by atoms with van der Waals surface area (Å²) in [7, 11) is 0. The Kier molecular flexibility index (Phi) is 3.86. The molecule has 6 heteroatoms. The molecule has 3 nitrogen and oxygen atoms in total. The number of carbonyl (C=O) groups is 1. The van der Waals surface area contributed by atoms with Crippen LogP contribution in [0.15, 0.2) is 12.1 Å². The third kappa shape index (κ3) is 2.81. The fourth-order valence-corrected chi connectivity index (χ4v) is 1.92. The van der Waals surface area contributed by atoms with Crippen LogP contribution in [-0.2, 0) is 11.3 Å². The van der Waals surface area contributed by atoms with Crippen molar-refractivity contribution in [1.82, 2.24) is 10.6 Å². The second-order valence-electron chi connectivity index (χ2n) is 4.24. The standard InChI is InChI=1S/C12H13F3N2O/c13-8-4-7(5-9(14)11(8)15)6-17-10-2-1-3-16-12(10)18/h4-5,10,17H,1-3,6H2,(H,16,18). The molecule has 1 atom stereocenters. The zero-order chi connectivity index (χ0) is 13.1. The lowest BCUT2D eigenvalue weighted by Crippen LogP contribution is -2.47. The molecule has 1 heterocycles. The topological polar surface area (TPSA) is 41.1 Å². The van der Waals surface area contributed by atoms with Gasteiger partial charge in [-0.3, -0.25) is 4.79 Å². The molecule has 1 aromatic rings. The predicted molar refractivity (Wildman–Crippen MR) is 59.2 cm³/mol. The summed E-state index contributed by atoms with van der Waals surface area (Å²) in [6.07, 6.45) is 1.54. The number of halogens is 3. The average Bonchev–Trinajstić information content (AvgIpc) is 2.35. The summed E-state index contributed by atoms with van der Waals surface area (Å²) in [6, 6.07) is 1.48. The Bertz CT molecular complexity index is 442. The molecule has 0 aliphatic carbocycles. The molecule has 0 bridgehead atoms. The maximum Gasteiger partial charge on any atom is 0.237 e. The minimum atomic E-state index is -1.48. The van der Waals surface area contributed by atoms with E-state index in [-0.39, 0.29) is 24.1 Å². The van der Waals surface area contributed by atoms with Gasteiger partial charge in [0.25, 0.3) is 0 Å². The van der Waals surface area contributed by atoms with Crippen molar-refractivity contribution in [2.24, 2.45) is 0 Å². The van der Waals surface area contributed by atoms with E-state index in [1.54, 1.807) is 0 Å². The Balaban J connectivity index is 1.99. The van der Waals surface area contributed by atoms with Gasteiger partial charge in [-0.1, -0.05) is 0 Å². The predicted octanol–water partition coefficient (Wildman–Crippen LogP) is 1.47. The van der Waals surface area contributed by atoms with Crippen molar-refractivity contribution in [2.45, 2.75) is 25.4 Å². The van der Waals surface area contributed by atoms with Crippen LogP contribution in [0.4, 0.5) is 13.2 Å². The number of rotatable bonds is 3. The highest BCUT2D eigenvalue weighted by Gasteiger charge is 2.21. The number of hydrogen-bond acceptors (Lipinski definition) is 2. The van der Waals surface area contributed by atoms with E-state index in [4.69, 9.17) is 0 Å². The Labute approximate surface area is 102 Å². The fraction of sp³-hybridized carbons (Fsp3) is 0.417. The fourth-order valence-electron chi connectivity index (χ4n) is 1.92. The van der Waals surface area contributed by atoms with Crippen LogP contribution in [0, 0.1) is 17.5 Å². The van der Waals surface area contributed by atoms with Gasteiger partial charge < -0.3 is 10.6 Å². The molecule has 1 amide bonds. The van der Waals surface area contributed by atoms with Crippen molar-refractivity contribution in [3.8, 4) is 0 Å². The van der Waals surface area contributed by atoms with E-state index < -0.39 is 17.5 Å². The third-order valence-electron chi connectivity index (χ3n) is 2.88. The first-order valence-electron chi connectivity index (χ1n) is 5.72. The van der Waals surface area contributed by atoms with Crippen molar-refractivity contribution in [2.75, 3.05) is 6.54 Å². The number of carbonyl (C=O) groups excluding carboxylic acids is 1. The average molecular weight is 258 g/mol. The highest BCUT2D eigenvalue weighted by Crippen LogP contribution is 2.14. The van der Waals surface area contributed by atoms with Gasteiger partial charge >= 0.3 is 0 Å². The molecule has 98 valence electrons. The molecule has 1 aliphatic heterocycles. The maximum atomic E-state index is 13.0. The molecule has 18 heavy (non-hydrogen) atoms. The molecule has 0 radical (unpaired) electrons. The summed E-state index contributed by atoms with van der Waals surface area (Å²) in [5.41, 5.74) is 0.268. The van der Waals surface area contributed by atoms with Gasteiger partial charge in [-0.2, -0.15) is 0 Å². The summed E-state index contributed by atoms with van der Waals surface area (Å²) in [6.45, 7) is 0.767. The van der Waals surface area contributed by atoms with Gasteiger partial charge in [0, 0.05) is 13.1 Å². The molecule has 1 fully saturated rings. The van der Waals surface area contributed by atoms with Crippen LogP contribution in [0.2, 0.25) is 0 Å². The first kappa shape index (κ1) is 12.9. The van der Waals surface area contributed by atoms with Crippen LogP contribution in [0.5, 0.6) is 0 Å². The van der Waals surface area contributed by atoms with E-state index in [9.17, 15) is 18.0 Å². The molecule has 0 aromatic heterocycles. The lowest BCUT2D eigenvalue weighted by atomic mass is 10.1. The molecule has 1 aromatic carbocycles. The highest BCUT2D eigenvalue weighted by atomic mass is 19.2. The molecular formula is C12H13F3N2O. The van der Waals surface area contributed by atoms with E-state index >= 15 is 0 Å². The SMILES string of the molecule is O=C1NCCCC1NCc1cc(F)c(F)c(F)c1. The van der Waals surface area contributed by atoms with Gasteiger partial charge in [-0.25, -0.2) is 13.2 Å². The summed E-state index contributed by atoms with van der Waals surface area (Å²) < 4.78 is 38.7. The molecule has 2 N–H and O–H groups in total.